The van der Waals surface area contributed by atoms with Gasteiger partial charge >= 0.3 is 6.18 Å². The molecule has 3 nitrogen and oxygen atoms in total. The van der Waals surface area contributed by atoms with Crippen molar-refractivity contribution in [1.82, 2.24) is 15.0 Å². The Balaban J connectivity index is 2.29. The first-order valence-corrected chi connectivity index (χ1v) is 5.77. The molecule has 0 bridgehead atoms. The molecule has 0 unspecified atom stereocenters. The van der Waals surface area contributed by atoms with Gasteiger partial charge in [-0.1, -0.05) is 21.1 Å². The number of aromatic nitrogens is 3. The average molecular weight is 306 g/mol. The van der Waals surface area contributed by atoms with Gasteiger partial charge in [-0.05, 0) is 24.3 Å². The minimum atomic E-state index is -4.32. The summed E-state index contributed by atoms with van der Waals surface area (Å²) in [4.78, 5) is 0. The Morgan fingerprint density at radius 1 is 1.18 bits per heavy atom. The summed E-state index contributed by atoms with van der Waals surface area (Å²) < 4.78 is 38.4. The van der Waals surface area contributed by atoms with E-state index in [4.69, 9.17) is 0 Å². The van der Waals surface area contributed by atoms with E-state index in [2.05, 4.69) is 26.2 Å². The molecule has 17 heavy (non-hydrogen) atoms. The summed E-state index contributed by atoms with van der Waals surface area (Å²) in [6.45, 7) is 0. The van der Waals surface area contributed by atoms with Gasteiger partial charge < -0.3 is 0 Å². The van der Waals surface area contributed by atoms with E-state index < -0.39 is 11.7 Å². The third-order valence-corrected chi connectivity index (χ3v) is 2.71. The van der Waals surface area contributed by atoms with Crippen LogP contribution >= 0.6 is 15.9 Å². The number of hydrogen-bond donors (Lipinski definition) is 0. The van der Waals surface area contributed by atoms with Crippen molar-refractivity contribution in [1.29, 1.82) is 0 Å². The van der Waals surface area contributed by atoms with E-state index in [1.165, 1.54) is 16.8 Å². The van der Waals surface area contributed by atoms with Crippen molar-refractivity contribution >= 4 is 15.9 Å². The first-order valence-electron chi connectivity index (χ1n) is 4.65. The fourth-order valence-corrected chi connectivity index (χ4v) is 1.55. The van der Waals surface area contributed by atoms with Crippen LogP contribution in [0.3, 0.4) is 0 Å². The van der Waals surface area contributed by atoms with E-state index >= 15 is 0 Å². The van der Waals surface area contributed by atoms with Gasteiger partial charge in [0.25, 0.3) is 0 Å². The van der Waals surface area contributed by atoms with E-state index in [0.29, 0.717) is 16.7 Å². The second kappa shape index (κ2) is 4.48. The molecule has 0 fully saturated rings. The molecule has 0 radical (unpaired) electrons. The predicted molar refractivity (Wildman–Crippen MR) is 59.0 cm³/mol. The minimum absolute atomic E-state index is 0.540. The van der Waals surface area contributed by atoms with E-state index in [1.807, 2.05) is 0 Å². The second-order valence-electron chi connectivity index (χ2n) is 3.33. The zero-order valence-corrected chi connectivity index (χ0v) is 10.0. The molecule has 0 atom stereocenters. The van der Waals surface area contributed by atoms with Crippen LogP contribution in [0.4, 0.5) is 13.2 Å². The highest BCUT2D eigenvalue weighted by Crippen LogP contribution is 2.29. The molecule has 2 aromatic rings. The van der Waals surface area contributed by atoms with Gasteiger partial charge in [-0.15, -0.1) is 5.10 Å². The van der Waals surface area contributed by atoms with Gasteiger partial charge in [0.2, 0.25) is 0 Å². The molecular weight excluding hydrogens is 299 g/mol. The van der Waals surface area contributed by atoms with E-state index in [1.54, 1.807) is 6.20 Å². The zero-order chi connectivity index (χ0) is 12.5. The first-order chi connectivity index (χ1) is 8.00. The second-order valence-corrected chi connectivity index (χ2v) is 3.89. The zero-order valence-electron chi connectivity index (χ0n) is 8.45. The normalized spacial score (nSPS) is 11.8. The number of nitrogens with zero attached hydrogens (tertiary/aromatic N) is 3. The average Bonchev–Trinajstić information content (AvgIpc) is 2.76. The van der Waals surface area contributed by atoms with Crippen LogP contribution in [0.5, 0.6) is 0 Å². The molecule has 2 rings (SSSR count). The summed E-state index contributed by atoms with van der Waals surface area (Å²) >= 11 is 3.22. The number of hydrogen-bond acceptors (Lipinski definition) is 2. The lowest BCUT2D eigenvalue weighted by atomic mass is 10.2. The lowest BCUT2D eigenvalue weighted by molar-refractivity contribution is -0.137. The maximum atomic E-state index is 12.3. The fourth-order valence-electron chi connectivity index (χ4n) is 1.29. The summed E-state index contributed by atoms with van der Waals surface area (Å²) in [5.41, 5.74) is 0.574. The number of alkyl halides is 4. The number of rotatable bonds is 2. The van der Waals surface area contributed by atoms with Crippen molar-refractivity contribution in [2.45, 2.75) is 11.5 Å². The van der Waals surface area contributed by atoms with Crippen molar-refractivity contribution < 1.29 is 13.2 Å². The molecule has 0 amide bonds. The number of halogens is 4. The summed E-state index contributed by atoms with van der Waals surface area (Å²) in [7, 11) is 0. The molecule has 1 aromatic carbocycles. The highest BCUT2D eigenvalue weighted by atomic mass is 79.9. The lowest BCUT2D eigenvalue weighted by Gasteiger charge is -2.07. The Morgan fingerprint density at radius 3 is 2.29 bits per heavy atom. The molecule has 1 heterocycles. The summed E-state index contributed by atoms with van der Waals surface area (Å²) in [6, 6.07) is 4.75. The minimum Gasteiger partial charge on any atom is -0.220 e. The Kier molecular flexibility index (Phi) is 3.19. The third kappa shape index (κ3) is 2.66. The van der Waals surface area contributed by atoms with Crippen LogP contribution in [-0.2, 0) is 11.5 Å². The predicted octanol–water partition coefficient (Wildman–Crippen LogP) is 3.18. The van der Waals surface area contributed by atoms with Crippen LogP contribution in [-0.4, -0.2) is 15.0 Å². The van der Waals surface area contributed by atoms with Gasteiger partial charge in [-0.25, -0.2) is 4.68 Å². The maximum absolute atomic E-state index is 12.3. The molecule has 90 valence electrons. The number of benzene rings is 1. The largest absolute Gasteiger partial charge is 0.416 e. The molecular formula is C10H7BrF3N3. The van der Waals surface area contributed by atoms with Crippen molar-refractivity contribution in [2.24, 2.45) is 0 Å². The van der Waals surface area contributed by atoms with E-state index in [0.717, 1.165) is 12.1 Å². The van der Waals surface area contributed by atoms with Crippen molar-refractivity contribution in [2.75, 3.05) is 0 Å². The molecule has 0 aliphatic carbocycles. The van der Waals surface area contributed by atoms with E-state index in [-0.39, 0.29) is 0 Å². The standard InChI is InChI=1S/C10H7BrF3N3/c11-5-8-6-17(16-15-8)9-3-1-7(2-4-9)10(12,13)14/h1-4,6H,5H2. The van der Waals surface area contributed by atoms with E-state index in [9.17, 15) is 13.2 Å². The molecule has 0 spiro atoms. The van der Waals surface area contributed by atoms with Crippen molar-refractivity contribution in [3.63, 3.8) is 0 Å². The van der Waals surface area contributed by atoms with Gasteiger partial charge in [0, 0.05) is 5.33 Å². The Bertz CT molecular complexity index is 504. The first kappa shape index (κ1) is 12.1. The monoisotopic (exact) mass is 305 g/mol. The Morgan fingerprint density at radius 2 is 1.82 bits per heavy atom. The van der Waals surface area contributed by atoms with Gasteiger partial charge in [0.05, 0.1) is 23.1 Å². The van der Waals surface area contributed by atoms with Gasteiger partial charge in [-0.2, -0.15) is 13.2 Å². The SMILES string of the molecule is FC(F)(F)c1ccc(-n2cc(CBr)nn2)cc1. The van der Waals surface area contributed by atoms with Crippen molar-refractivity contribution in [3.8, 4) is 5.69 Å². The fraction of sp³-hybridized carbons (Fsp3) is 0.200. The Hall–Kier alpha value is -1.37. The molecule has 0 aliphatic heterocycles. The topological polar surface area (TPSA) is 30.7 Å². The molecule has 0 N–H and O–H groups in total. The maximum Gasteiger partial charge on any atom is 0.416 e. The molecule has 0 aliphatic rings. The summed E-state index contributed by atoms with van der Waals surface area (Å²) in [5, 5.41) is 8.18. The van der Waals surface area contributed by atoms with Crippen molar-refractivity contribution in [3.05, 3.63) is 41.7 Å². The van der Waals surface area contributed by atoms with Gasteiger partial charge in [-0.3, -0.25) is 0 Å². The smallest absolute Gasteiger partial charge is 0.220 e. The molecule has 0 saturated carbocycles. The molecule has 1 aromatic heterocycles. The van der Waals surface area contributed by atoms with Crippen LogP contribution < -0.4 is 0 Å². The van der Waals surface area contributed by atoms with Crippen LogP contribution in [0.1, 0.15) is 11.3 Å². The molecule has 0 saturated heterocycles. The highest BCUT2D eigenvalue weighted by Gasteiger charge is 2.29. The quantitative estimate of drug-likeness (QED) is 0.798. The van der Waals surface area contributed by atoms with Gasteiger partial charge in [0.1, 0.15) is 0 Å². The Labute approximate surface area is 103 Å². The highest BCUT2D eigenvalue weighted by molar-refractivity contribution is 9.08. The molecule has 7 heteroatoms. The van der Waals surface area contributed by atoms with Gasteiger partial charge in [0.15, 0.2) is 0 Å². The van der Waals surface area contributed by atoms with Crippen LogP contribution in [0.15, 0.2) is 30.5 Å². The van der Waals surface area contributed by atoms with Crippen LogP contribution in [0.2, 0.25) is 0 Å². The van der Waals surface area contributed by atoms with Crippen LogP contribution in [0.25, 0.3) is 5.69 Å². The third-order valence-electron chi connectivity index (χ3n) is 2.14. The lowest BCUT2D eigenvalue weighted by Crippen LogP contribution is -2.05. The van der Waals surface area contributed by atoms with Crippen LogP contribution in [0, 0.1) is 0 Å². The summed E-state index contributed by atoms with van der Waals surface area (Å²) in [6.07, 6.45) is -2.67. The summed E-state index contributed by atoms with van der Waals surface area (Å²) in [5.74, 6) is 0.